The summed E-state index contributed by atoms with van der Waals surface area (Å²) in [6.45, 7) is 1.95. The molecule has 0 saturated carbocycles. The molecule has 6 heteroatoms. The lowest BCUT2D eigenvalue weighted by atomic mass is 9.98. The van der Waals surface area contributed by atoms with Crippen molar-refractivity contribution in [3.63, 3.8) is 0 Å². The van der Waals surface area contributed by atoms with E-state index in [-0.39, 0.29) is 23.9 Å². The fourth-order valence-electron chi connectivity index (χ4n) is 2.29. The molecular formula is C18H19F3N2O. The van der Waals surface area contributed by atoms with Gasteiger partial charge in [-0.2, -0.15) is 0 Å². The number of carbonyl (C=O) groups excluding carboxylic acids is 1. The van der Waals surface area contributed by atoms with Gasteiger partial charge in [0.05, 0.1) is 5.69 Å². The van der Waals surface area contributed by atoms with E-state index in [0.29, 0.717) is 0 Å². The number of halogens is 3. The van der Waals surface area contributed by atoms with E-state index >= 15 is 0 Å². The van der Waals surface area contributed by atoms with Crippen LogP contribution in [0.15, 0.2) is 42.5 Å². The molecule has 0 spiro atoms. The number of hydrazine groups is 1. The van der Waals surface area contributed by atoms with Gasteiger partial charge in [-0.05, 0) is 36.5 Å². The van der Waals surface area contributed by atoms with Crippen LogP contribution in [0.1, 0.15) is 25.3 Å². The van der Waals surface area contributed by atoms with Crippen LogP contribution in [0.3, 0.4) is 0 Å². The summed E-state index contributed by atoms with van der Waals surface area (Å²) in [6, 6.07) is 11.7. The van der Waals surface area contributed by atoms with E-state index in [2.05, 4.69) is 10.9 Å². The van der Waals surface area contributed by atoms with Crippen LogP contribution in [-0.4, -0.2) is 5.91 Å². The Hall–Kier alpha value is -2.50. The van der Waals surface area contributed by atoms with E-state index in [1.165, 1.54) is 5.56 Å². The van der Waals surface area contributed by atoms with Crippen molar-refractivity contribution in [2.75, 3.05) is 5.43 Å². The van der Waals surface area contributed by atoms with Crippen molar-refractivity contribution in [2.45, 2.75) is 26.2 Å². The summed E-state index contributed by atoms with van der Waals surface area (Å²) in [6.07, 6.45) is 1.93. The van der Waals surface area contributed by atoms with Gasteiger partial charge in [-0.1, -0.05) is 37.3 Å². The molecule has 0 aromatic heterocycles. The molecular weight excluding hydrogens is 317 g/mol. The second kappa shape index (κ2) is 8.38. The number of rotatable bonds is 7. The molecule has 2 N–H and O–H groups in total. The highest BCUT2D eigenvalue weighted by atomic mass is 19.2. The van der Waals surface area contributed by atoms with Crippen molar-refractivity contribution < 1.29 is 18.0 Å². The van der Waals surface area contributed by atoms with Gasteiger partial charge in [0.2, 0.25) is 5.91 Å². The Balaban J connectivity index is 1.78. The van der Waals surface area contributed by atoms with E-state index in [1.807, 2.05) is 37.3 Å². The van der Waals surface area contributed by atoms with E-state index in [9.17, 15) is 18.0 Å². The van der Waals surface area contributed by atoms with Crippen molar-refractivity contribution in [1.29, 1.82) is 0 Å². The second-order valence-corrected chi connectivity index (χ2v) is 5.73. The number of amides is 1. The molecule has 2 aromatic rings. The number of carbonyl (C=O) groups is 1. The maximum atomic E-state index is 13.5. The standard InChI is InChI=1S/C18H19F3N2O/c1-12(7-8-13-5-3-2-4-6-13)11-16(24)23-22-15-10-9-14(19)17(20)18(15)21/h2-6,9-10,12,22H,7-8,11H2,1H3,(H,23,24). The highest BCUT2D eigenvalue weighted by Crippen LogP contribution is 2.19. The molecule has 0 aliphatic rings. The van der Waals surface area contributed by atoms with Crippen LogP contribution in [0, 0.1) is 23.4 Å². The van der Waals surface area contributed by atoms with Gasteiger partial charge in [-0.15, -0.1) is 0 Å². The average Bonchev–Trinajstić information content (AvgIpc) is 2.58. The summed E-state index contributed by atoms with van der Waals surface area (Å²) in [5, 5.41) is 0. The van der Waals surface area contributed by atoms with Crippen molar-refractivity contribution >= 4 is 11.6 Å². The fourth-order valence-corrected chi connectivity index (χ4v) is 2.29. The molecule has 1 unspecified atom stereocenters. The van der Waals surface area contributed by atoms with Gasteiger partial charge in [0, 0.05) is 6.42 Å². The summed E-state index contributed by atoms with van der Waals surface area (Å²) in [5.74, 6) is -4.45. The summed E-state index contributed by atoms with van der Waals surface area (Å²) in [5.41, 5.74) is 5.46. The normalized spacial score (nSPS) is 11.8. The first-order valence-corrected chi connectivity index (χ1v) is 7.69. The van der Waals surface area contributed by atoms with Crippen LogP contribution in [0.4, 0.5) is 18.9 Å². The molecule has 0 aliphatic carbocycles. The first kappa shape index (κ1) is 17.8. The fraction of sp³-hybridized carbons (Fsp3) is 0.278. The number of benzene rings is 2. The van der Waals surface area contributed by atoms with Crippen molar-refractivity contribution in [1.82, 2.24) is 5.43 Å². The van der Waals surface area contributed by atoms with Crippen LogP contribution < -0.4 is 10.9 Å². The Morgan fingerprint density at radius 3 is 2.46 bits per heavy atom. The number of nitrogens with one attached hydrogen (secondary N) is 2. The lowest BCUT2D eigenvalue weighted by Crippen LogP contribution is -2.31. The topological polar surface area (TPSA) is 41.1 Å². The molecule has 2 aromatic carbocycles. The van der Waals surface area contributed by atoms with E-state index in [0.717, 1.165) is 25.0 Å². The molecule has 24 heavy (non-hydrogen) atoms. The molecule has 0 radical (unpaired) electrons. The summed E-state index contributed by atoms with van der Waals surface area (Å²) in [7, 11) is 0. The molecule has 0 aliphatic heterocycles. The molecule has 128 valence electrons. The molecule has 0 bridgehead atoms. The smallest absolute Gasteiger partial charge is 0.238 e. The van der Waals surface area contributed by atoms with Crippen LogP contribution in [0.2, 0.25) is 0 Å². The largest absolute Gasteiger partial charge is 0.296 e. The van der Waals surface area contributed by atoms with Gasteiger partial charge in [0.15, 0.2) is 17.5 Å². The highest BCUT2D eigenvalue weighted by molar-refractivity contribution is 5.77. The van der Waals surface area contributed by atoms with Gasteiger partial charge in [0.1, 0.15) is 0 Å². The minimum Gasteiger partial charge on any atom is -0.296 e. The highest BCUT2D eigenvalue weighted by Gasteiger charge is 2.14. The molecule has 0 fully saturated rings. The van der Waals surface area contributed by atoms with Gasteiger partial charge in [-0.25, -0.2) is 13.2 Å². The zero-order valence-corrected chi connectivity index (χ0v) is 13.3. The third kappa shape index (κ3) is 5.01. The summed E-state index contributed by atoms with van der Waals surface area (Å²) < 4.78 is 39.4. The minimum absolute atomic E-state index is 0.127. The van der Waals surface area contributed by atoms with Crippen molar-refractivity contribution in [3.8, 4) is 0 Å². The van der Waals surface area contributed by atoms with Gasteiger partial charge >= 0.3 is 0 Å². The average molecular weight is 336 g/mol. The lowest BCUT2D eigenvalue weighted by molar-refractivity contribution is -0.121. The second-order valence-electron chi connectivity index (χ2n) is 5.73. The molecule has 1 atom stereocenters. The molecule has 0 heterocycles. The zero-order valence-electron chi connectivity index (χ0n) is 13.3. The third-order valence-electron chi connectivity index (χ3n) is 3.67. The summed E-state index contributed by atoms with van der Waals surface area (Å²) in [4.78, 5) is 11.8. The molecule has 2 rings (SSSR count). The molecule has 3 nitrogen and oxygen atoms in total. The lowest BCUT2D eigenvalue weighted by Gasteiger charge is -2.13. The SMILES string of the molecule is CC(CCc1ccccc1)CC(=O)NNc1ccc(F)c(F)c1F. The Labute approximate surface area is 138 Å². The maximum Gasteiger partial charge on any atom is 0.238 e. The zero-order chi connectivity index (χ0) is 17.5. The van der Waals surface area contributed by atoms with Gasteiger partial charge < -0.3 is 0 Å². The van der Waals surface area contributed by atoms with Crippen LogP contribution >= 0.6 is 0 Å². The van der Waals surface area contributed by atoms with Crippen LogP contribution in [0.5, 0.6) is 0 Å². The van der Waals surface area contributed by atoms with E-state index < -0.39 is 17.5 Å². The molecule has 1 amide bonds. The van der Waals surface area contributed by atoms with Crippen molar-refractivity contribution in [3.05, 3.63) is 65.5 Å². The Morgan fingerprint density at radius 1 is 1.04 bits per heavy atom. The van der Waals surface area contributed by atoms with Gasteiger partial charge in [0.25, 0.3) is 0 Å². The van der Waals surface area contributed by atoms with E-state index in [4.69, 9.17) is 0 Å². The number of anilines is 1. The number of hydrogen-bond acceptors (Lipinski definition) is 2. The predicted octanol–water partition coefficient (Wildman–Crippen LogP) is 4.21. The van der Waals surface area contributed by atoms with Crippen molar-refractivity contribution in [2.24, 2.45) is 5.92 Å². The van der Waals surface area contributed by atoms with E-state index in [1.54, 1.807) is 0 Å². The Morgan fingerprint density at radius 2 is 1.75 bits per heavy atom. The minimum atomic E-state index is -1.58. The van der Waals surface area contributed by atoms with Gasteiger partial charge in [-0.3, -0.25) is 15.6 Å². The maximum absolute atomic E-state index is 13.5. The number of hydrogen-bond donors (Lipinski definition) is 2. The quantitative estimate of drug-likeness (QED) is 0.587. The predicted molar refractivity (Wildman–Crippen MR) is 86.6 cm³/mol. The molecule has 0 saturated heterocycles. The monoisotopic (exact) mass is 336 g/mol. The van der Waals surface area contributed by atoms with Crippen LogP contribution in [0.25, 0.3) is 0 Å². The first-order valence-electron chi connectivity index (χ1n) is 7.69. The Bertz CT molecular complexity index is 692. The Kier molecular flexibility index (Phi) is 6.23. The number of aryl methyl sites for hydroxylation is 1. The first-order chi connectivity index (χ1) is 11.5. The van der Waals surface area contributed by atoms with Crippen LogP contribution in [-0.2, 0) is 11.2 Å². The third-order valence-corrected chi connectivity index (χ3v) is 3.67. The summed E-state index contributed by atoms with van der Waals surface area (Å²) >= 11 is 0.